The van der Waals surface area contributed by atoms with E-state index in [1.54, 1.807) is 26.0 Å². The van der Waals surface area contributed by atoms with Gasteiger partial charge in [-0.25, -0.2) is 0 Å². The third-order valence-electron chi connectivity index (χ3n) is 3.98. The molecule has 0 aliphatic heterocycles. The van der Waals surface area contributed by atoms with E-state index < -0.39 is 0 Å². The Morgan fingerprint density at radius 2 is 1.89 bits per heavy atom. The van der Waals surface area contributed by atoms with E-state index in [9.17, 15) is 0 Å². The molecule has 5 nitrogen and oxygen atoms in total. The Morgan fingerprint density at radius 1 is 1.11 bits per heavy atom. The molecule has 0 unspecified atom stereocenters. The molecule has 0 atom stereocenters. The van der Waals surface area contributed by atoms with Crippen molar-refractivity contribution >= 4 is 23.4 Å². The van der Waals surface area contributed by atoms with Gasteiger partial charge in [0, 0.05) is 22.9 Å². The molecular weight excluding hydrogens is 382 g/mol. The summed E-state index contributed by atoms with van der Waals surface area (Å²) in [6.07, 6.45) is 1.83. The summed E-state index contributed by atoms with van der Waals surface area (Å²) in [5.41, 5.74) is 1.96. The molecule has 3 rings (SSSR count). The Hall–Kier alpha value is -2.44. The average Bonchev–Trinajstić information content (AvgIpc) is 3.09. The van der Waals surface area contributed by atoms with E-state index in [1.807, 2.05) is 53.1 Å². The van der Waals surface area contributed by atoms with Crippen molar-refractivity contribution in [2.24, 2.45) is 0 Å². The van der Waals surface area contributed by atoms with E-state index in [-0.39, 0.29) is 0 Å². The largest absolute Gasteiger partial charge is 0.493 e. The summed E-state index contributed by atoms with van der Waals surface area (Å²) in [5, 5.41) is 10.3. The first-order valence-corrected chi connectivity index (χ1v) is 9.67. The molecular formula is C20H20ClN3O2S. The minimum absolute atomic E-state index is 0.599. The van der Waals surface area contributed by atoms with Gasteiger partial charge >= 0.3 is 0 Å². The predicted molar refractivity (Wildman–Crippen MR) is 110 cm³/mol. The average molecular weight is 402 g/mol. The van der Waals surface area contributed by atoms with Crippen LogP contribution in [0.2, 0.25) is 5.02 Å². The van der Waals surface area contributed by atoms with Gasteiger partial charge in [-0.3, -0.25) is 4.57 Å². The molecule has 3 aromatic rings. The Bertz CT molecular complexity index is 943. The van der Waals surface area contributed by atoms with Crippen LogP contribution in [0.3, 0.4) is 0 Å². The van der Waals surface area contributed by atoms with Gasteiger partial charge in [0.2, 0.25) is 0 Å². The minimum Gasteiger partial charge on any atom is -0.493 e. The quantitative estimate of drug-likeness (QED) is 0.388. The minimum atomic E-state index is 0.599. The standard InChI is InChI=1S/C20H20ClN3O2S/c1-4-11-24-19(14-9-10-17(25-2)18(12-14)26-3)22-23-20(24)27-13-15-7-5-6-8-16(15)21/h4-10,12H,1,11,13H2,2-3H3. The number of methoxy groups -OCH3 is 2. The first-order chi connectivity index (χ1) is 13.2. The molecule has 0 saturated carbocycles. The molecule has 27 heavy (non-hydrogen) atoms. The van der Waals surface area contributed by atoms with E-state index in [0.717, 1.165) is 27.1 Å². The number of hydrogen-bond donors (Lipinski definition) is 0. The first kappa shape index (κ1) is 19.3. The lowest BCUT2D eigenvalue weighted by atomic mass is 10.2. The van der Waals surface area contributed by atoms with Gasteiger partial charge < -0.3 is 9.47 Å². The molecule has 1 aromatic heterocycles. The highest BCUT2D eigenvalue weighted by Crippen LogP contribution is 2.33. The van der Waals surface area contributed by atoms with E-state index >= 15 is 0 Å². The van der Waals surface area contributed by atoms with Gasteiger partial charge in [0.15, 0.2) is 22.5 Å². The van der Waals surface area contributed by atoms with Crippen LogP contribution in [0.25, 0.3) is 11.4 Å². The van der Waals surface area contributed by atoms with Gasteiger partial charge in [-0.1, -0.05) is 47.6 Å². The molecule has 0 radical (unpaired) electrons. The maximum absolute atomic E-state index is 6.26. The van der Waals surface area contributed by atoms with Crippen LogP contribution in [0.4, 0.5) is 0 Å². The zero-order valence-electron chi connectivity index (χ0n) is 15.2. The van der Waals surface area contributed by atoms with Crippen LogP contribution in [0.5, 0.6) is 11.5 Å². The van der Waals surface area contributed by atoms with Crippen LogP contribution in [0.1, 0.15) is 5.56 Å². The molecule has 7 heteroatoms. The maximum Gasteiger partial charge on any atom is 0.192 e. The fourth-order valence-electron chi connectivity index (χ4n) is 2.64. The van der Waals surface area contributed by atoms with E-state index in [4.69, 9.17) is 21.1 Å². The van der Waals surface area contributed by atoms with Crippen LogP contribution in [0, 0.1) is 0 Å². The summed E-state index contributed by atoms with van der Waals surface area (Å²) in [7, 11) is 3.22. The summed E-state index contributed by atoms with van der Waals surface area (Å²) in [6.45, 7) is 4.45. The van der Waals surface area contributed by atoms with Crippen molar-refractivity contribution in [2.45, 2.75) is 17.5 Å². The third-order valence-corrected chi connectivity index (χ3v) is 5.37. The molecule has 1 heterocycles. The molecule has 0 aliphatic carbocycles. The highest BCUT2D eigenvalue weighted by Gasteiger charge is 2.16. The number of hydrogen-bond acceptors (Lipinski definition) is 5. The smallest absolute Gasteiger partial charge is 0.192 e. The highest BCUT2D eigenvalue weighted by atomic mass is 35.5. The number of ether oxygens (including phenoxy) is 2. The van der Waals surface area contributed by atoms with Crippen molar-refractivity contribution in [3.63, 3.8) is 0 Å². The Labute approximate surface area is 168 Å². The number of aromatic nitrogens is 3. The zero-order chi connectivity index (χ0) is 19.2. The van der Waals surface area contributed by atoms with Crippen molar-refractivity contribution in [1.29, 1.82) is 0 Å². The molecule has 0 bridgehead atoms. The summed E-state index contributed by atoms with van der Waals surface area (Å²) in [4.78, 5) is 0. The fraction of sp³-hybridized carbons (Fsp3) is 0.200. The van der Waals surface area contributed by atoms with Crippen molar-refractivity contribution in [1.82, 2.24) is 14.8 Å². The second kappa shape index (κ2) is 8.97. The van der Waals surface area contributed by atoms with E-state index in [2.05, 4.69) is 16.8 Å². The summed E-state index contributed by atoms with van der Waals surface area (Å²) in [6, 6.07) is 13.5. The number of thioether (sulfide) groups is 1. The lowest BCUT2D eigenvalue weighted by molar-refractivity contribution is 0.355. The molecule has 140 valence electrons. The van der Waals surface area contributed by atoms with Crippen molar-refractivity contribution < 1.29 is 9.47 Å². The summed E-state index contributed by atoms with van der Waals surface area (Å²) >= 11 is 7.84. The second-order valence-electron chi connectivity index (χ2n) is 5.66. The van der Waals surface area contributed by atoms with Gasteiger partial charge in [0.1, 0.15) is 0 Å². The maximum atomic E-state index is 6.26. The Balaban J connectivity index is 1.91. The normalized spacial score (nSPS) is 10.6. The molecule has 0 N–H and O–H groups in total. The van der Waals surface area contributed by atoms with Crippen molar-refractivity contribution in [3.8, 4) is 22.9 Å². The lowest BCUT2D eigenvalue weighted by Gasteiger charge is -2.11. The predicted octanol–water partition coefficient (Wildman–Crippen LogP) is 5.09. The van der Waals surface area contributed by atoms with Crippen LogP contribution in [-0.2, 0) is 12.3 Å². The summed E-state index contributed by atoms with van der Waals surface area (Å²) in [5.74, 6) is 2.77. The lowest BCUT2D eigenvalue weighted by Crippen LogP contribution is -2.01. The van der Waals surface area contributed by atoms with Gasteiger partial charge in [0.05, 0.1) is 14.2 Å². The molecule has 0 aliphatic rings. The molecule has 0 saturated heterocycles. The van der Waals surface area contributed by atoms with Gasteiger partial charge in [0.25, 0.3) is 0 Å². The molecule has 0 fully saturated rings. The SMILES string of the molecule is C=CCn1c(SCc2ccccc2Cl)nnc1-c1ccc(OC)c(OC)c1. The van der Waals surface area contributed by atoms with E-state index in [1.165, 1.54) is 0 Å². The van der Waals surface area contributed by atoms with Crippen LogP contribution >= 0.6 is 23.4 Å². The zero-order valence-corrected chi connectivity index (χ0v) is 16.8. The van der Waals surface area contributed by atoms with Gasteiger partial charge in [-0.2, -0.15) is 0 Å². The number of allylic oxidation sites excluding steroid dienone is 1. The topological polar surface area (TPSA) is 49.2 Å². The van der Waals surface area contributed by atoms with Crippen LogP contribution in [-0.4, -0.2) is 29.0 Å². The second-order valence-corrected chi connectivity index (χ2v) is 7.01. The number of halogens is 1. The van der Waals surface area contributed by atoms with Crippen molar-refractivity contribution in [2.75, 3.05) is 14.2 Å². The highest BCUT2D eigenvalue weighted by molar-refractivity contribution is 7.98. The van der Waals surface area contributed by atoms with Gasteiger partial charge in [-0.15, -0.1) is 16.8 Å². The van der Waals surface area contributed by atoms with Crippen LogP contribution in [0.15, 0.2) is 60.3 Å². The fourth-order valence-corrected chi connectivity index (χ4v) is 3.87. The summed E-state index contributed by atoms with van der Waals surface area (Å²) < 4.78 is 12.7. The Kier molecular flexibility index (Phi) is 6.42. The Morgan fingerprint density at radius 3 is 2.59 bits per heavy atom. The molecule has 2 aromatic carbocycles. The van der Waals surface area contributed by atoms with Crippen LogP contribution < -0.4 is 9.47 Å². The monoisotopic (exact) mass is 401 g/mol. The molecule has 0 amide bonds. The number of rotatable bonds is 8. The van der Waals surface area contributed by atoms with Crippen molar-refractivity contribution in [3.05, 3.63) is 65.7 Å². The number of benzene rings is 2. The van der Waals surface area contributed by atoms with Gasteiger partial charge in [-0.05, 0) is 29.8 Å². The number of nitrogens with zero attached hydrogens (tertiary/aromatic N) is 3. The molecule has 0 spiro atoms. The third kappa shape index (κ3) is 4.28. The van der Waals surface area contributed by atoms with E-state index in [0.29, 0.717) is 23.8 Å². The first-order valence-electron chi connectivity index (χ1n) is 8.30.